The molecule has 0 fully saturated rings. The smallest absolute Gasteiger partial charge is 0.406 e. The molecule has 10 heteroatoms. The number of benzene rings is 1. The Kier molecular flexibility index (Phi) is 6.35. The summed E-state index contributed by atoms with van der Waals surface area (Å²) in [6, 6.07) is 6.40. The van der Waals surface area contributed by atoms with Crippen LogP contribution in [-0.4, -0.2) is 41.2 Å². The van der Waals surface area contributed by atoms with Crippen molar-refractivity contribution < 1.29 is 27.8 Å². The van der Waals surface area contributed by atoms with Gasteiger partial charge in [-0.3, -0.25) is 4.79 Å². The van der Waals surface area contributed by atoms with E-state index in [0.717, 1.165) is 12.1 Å². The van der Waals surface area contributed by atoms with Crippen molar-refractivity contribution in [2.75, 3.05) is 18.5 Å². The quantitative estimate of drug-likeness (QED) is 0.551. The van der Waals surface area contributed by atoms with Gasteiger partial charge in [-0.25, -0.2) is 4.98 Å². The molecule has 0 saturated carbocycles. The van der Waals surface area contributed by atoms with Crippen molar-refractivity contribution in [3.05, 3.63) is 47.7 Å². The van der Waals surface area contributed by atoms with Gasteiger partial charge in [-0.05, 0) is 37.3 Å². The summed E-state index contributed by atoms with van der Waals surface area (Å²) in [5.41, 5.74) is 0.887. The molecule has 0 saturated heterocycles. The summed E-state index contributed by atoms with van der Waals surface area (Å²) >= 11 is 0. The van der Waals surface area contributed by atoms with Crippen molar-refractivity contribution in [3.63, 3.8) is 0 Å². The molecule has 2 rings (SSSR count). The fourth-order valence-electron chi connectivity index (χ4n) is 2.27. The van der Waals surface area contributed by atoms with E-state index in [0.29, 0.717) is 5.69 Å². The maximum Gasteiger partial charge on any atom is 0.573 e. The van der Waals surface area contributed by atoms with E-state index in [1.165, 1.54) is 31.3 Å². The van der Waals surface area contributed by atoms with Gasteiger partial charge < -0.3 is 25.9 Å². The van der Waals surface area contributed by atoms with E-state index in [1.807, 2.05) is 0 Å². The Bertz CT molecular complexity index is 823. The predicted octanol–water partition coefficient (Wildman–Crippen LogP) is 2.83. The minimum absolute atomic E-state index is 0.0566. The van der Waals surface area contributed by atoms with Crippen molar-refractivity contribution >= 4 is 23.1 Å². The largest absolute Gasteiger partial charge is 0.573 e. The highest BCUT2D eigenvalue weighted by atomic mass is 19.4. The van der Waals surface area contributed by atoms with Gasteiger partial charge in [-0.1, -0.05) is 0 Å². The van der Waals surface area contributed by atoms with Gasteiger partial charge in [-0.15, -0.1) is 13.2 Å². The summed E-state index contributed by atoms with van der Waals surface area (Å²) in [5.74, 6) is -0.657. The van der Waals surface area contributed by atoms with Crippen LogP contribution in [0, 0.1) is 5.41 Å². The van der Waals surface area contributed by atoms with Crippen LogP contribution in [0.4, 0.5) is 24.7 Å². The van der Waals surface area contributed by atoms with Crippen LogP contribution >= 0.6 is 0 Å². The van der Waals surface area contributed by atoms with Gasteiger partial charge in [0.1, 0.15) is 11.6 Å². The molecular formula is C17H17F3N4O3. The minimum Gasteiger partial charge on any atom is -0.406 e. The fourth-order valence-corrected chi connectivity index (χ4v) is 2.27. The zero-order valence-corrected chi connectivity index (χ0v) is 14.2. The van der Waals surface area contributed by atoms with E-state index < -0.39 is 12.3 Å². The summed E-state index contributed by atoms with van der Waals surface area (Å²) in [5, 5.41) is 22.1. The van der Waals surface area contributed by atoms with Crippen LogP contribution in [0.2, 0.25) is 0 Å². The Balaban J connectivity index is 2.28. The van der Waals surface area contributed by atoms with Gasteiger partial charge >= 0.3 is 6.36 Å². The Morgan fingerprint density at radius 2 is 1.93 bits per heavy atom. The molecule has 1 heterocycles. The molecule has 144 valence electrons. The highest BCUT2D eigenvalue weighted by Gasteiger charge is 2.31. The number of ether oxygens (including phenoxy) is 1. The number of hydrogen-bond acceptors (Lipinski definition) is 6. The third kappa shape index (κ3) is 5.68. The van der Waals surface area contributed by atoms with Crippen LogP contribution in [-0.2, 0) is 0 Å². The monoisotopic (exact) mass is 382 g/mol. The molecule has 0 aliphatic carbocycles. The van der Waals surface area contributed by atoms with Gasteiger partial charge in [0.2, 0.25) is 0 Å². The number of carbonyl (C=O) groups excluding carboxylic acids is 1. The number of nitrogens with zero attached hydrogens (tertiary/aromatic N) is 1. The summed E-state index contributed by atoms with van der Waals surface area (Å²) in [6.45, 7) is 1.31. The molecule has 0 unspecified atom stereocenters. The molecule has 0 aliphatic heterocycles. The highest BCUT2D eigenvalue weighted by Crippen LogP contribution is 2.26. The molecule has 27 heavy (non-hydrogen) atoms. The molecule has 0 atom stereocenters. The van der Waals surface area contributed by atoms with Crippen molar-refractivity contribution in [2.24, 2.45) is 0 Å². The second-order valence-electron chi connectivity index (χ2n) is 5.38. The first kappa shape index (κ1) is 20.2. The number of amides is 1. The average Bonchev–Trinajstić information content (AvgIpc) is 2.59. The lowest BCUT2D eigenvalue weighted by Crippen LogP contribution is -2.28. The number of pyridine rings is 1. The normalized spacial score (nSPS) is 11.0. The van der Waals surface area contributed by atoms with E-state index in [2.05, 4.69) is 20.4 Å². The van der Waals surface area contributed by atoms with Crippen LogP contribution in [0.1, 0.15) is 22.8 Å². The number of aliphatic hydroxyl groups is 1. The Hall–Kier alpha value is -3.14. The summed E-state index contributed by atoms with van der Waals surface area (Å²) in [6.07, 6.45) is -3.42. The second kappa shape index (κ2) is 8.49. The fraction of sp³-hybridized carbons (Fsp3) is 0.235. The van der Waals surface area contributed by atoms with E-state index in [1.54, 1.807) is 0 Å². The highest BCUT2D eigenvalue weighted by molar-refractivity contribution is 6.11. The minimum atomic E-state index is -4.78. The molecule has 7 nitrogen and oxygen atoms in total. The first-order valence-electron chi connectivity index (χ1n) is 7.77. The summed E-state index contributed by atoms with van der Waals surface area (Å²) in [4.78, 5) is 16.3. The molecule has 1 aromatic carbocycles. The topological polar surface area (TPSA) is 107 Å². The molecule has 0 spiro atoms. The number of alkyl halides is 3. The zero-order chi connectivity index (χ0) is 20.0. The molecule has 1 amide bonds. The summed E-state index contributed by atoms with van der Waals surface area (Å²) < 4.78 is 40.4. The van der Waals surface area contributed by atoms with Crippen molar-refractivity contribution in [1.82, 2.24) is 10.3 Å². The van der Waals surface area contributed by atoms with Gasteiger partial charge in [0.25, 0.3) is 5.91 Å². The molecule has 2 aromatic rings. The van der Waals surface area contributed by atoms with Crippen molar-refractivity contribution in [3.8, 4) is 5.75 Å². The van der Waals surface area contributed by atoms with E-state index in [9.17, 15) is 18.0 Å². The number of carbonyl (C=O) groups is 1. The molecular weight excluding hydrogens is 365 g/mol. The Morgan fingerprint density at radius 3 is 2.48 bits per heavy atom. The van der Waals surface area contributed by atoms with E-state index in [4.69, 9.17) is 10.5 Å². The Morgan fingerprint density at radius 1 is 1.26 bits per heavy atom. The van der Waals surface area contributed by atoms with Gasteiger partial charge in [-0.2, -0.15) is 0 Å². The average molecular weight is 382 g/mol. The SMILES string of the molecule is CC(=N)c1c(C(=O)NCCO)ccnc1Nc1ccc(OC(F)(F)F)cc1. The van der Waals surface area contributed by atoms with Gasteiger partial charge in [0.15, 0.2) is 0 Å². The summed E-state index contributed by atoms with van der Waals surface area (Å²) in [7, 11) is 0. The number of halogens is 3. The molecule has 1 aromatic heterocycles. The van der Waals surface area contributed by atoms with Gasteiger partial charge in [0, 0.05) is 24.1 Å². The lowest BCUT2D eigenvalue weighted by Gasteiger charge is -2.15. The first-order valence-corrected chi connectivity index (χ1v) is 7.77. The van der Waals surface area contributed by atoms with Crippen LogP contribution < -0.4 is 15.4 Å². The van der Waals surface area contributed by atoms with Crippen LogP contribution in [0.3, 0.4) is 0 Å². The lowest BCUT2D eigenvalue weighted by molar-refractivity contribution is -0.274. The number of aromatic nitrogens is 1. The second-order valence-corrected chi connectivity index (χ2v) is 5.38. The van der Waals surface area contributed by atoms with Gasteiger partial charge in [0.05, 0.1) is 17.7 Å². The number of rotatable bonds is 7. The molecule has 0 aliphatic rings. The van der Waals surface area contributed by atoms with Crippen LogP contribution in [0.25, 0.3) is 0 Å². The maximum absolute atomic E-state index is 12.2. The molecule has 0 bridgehead atoms. The number of anilines is 2. The number of hydrogen-bond donors (Lipinski definition) is 4. The van der Waals surface area contributed by atoms with E-state index >= 15 is 0 Å². The lowest BCUT2D eigenvalue weighted by atomic mass is 10.0. The predicted molar refractivity (Wildman–Crippen MR) is 92.6 cm³/mol. The first-order chi connectivity index (χ1) is 12.7. The van der Waals surface area contributed by atoms with Crippen molar-refractivity contribution in [1.29, 1.82) is 5.41 Å². The standard InChI is InChI=1S/C17H17F3N4O3/c1-10(21)14-13(16(26)23-8-9-25)6-7-22-15(14)24-11-2-4-12(5-3-11)27-17(18,19)20/h2-7,21,25H,8-9H2,1H3,(H,22,24)(H,23,26). The number of nitrogens with one attached hydrogen (secondary N) is 3. The van der Waals surface area contributed by atoms with Crippen LogP contribution in [0.15, 0.2) is 36.5 Å². The third-order valence-electron chi connectivity index (χ3n) is 3.32. The molecule has 0 radical (unpaired) electrons. The molecule has 4 N–H and O–H groups in total. The van der Waals surface area contributed by atoms with Crippen LogP contribution in [0.5, 0.6) is 5.75 Å². The van der Waals surface area contributed by atoms with Crippen molar-refractivity contribution in [2.45, 2.75) is 13.3 Å². The van der Waals surface area contributed by atoms with E-state index in [-0.39, 0.29) is 41.6 Å². The number of aliphatic hydroxyl groups excluding tert-OH is 1. The third-order valence-corrected chi connectivity index (χ3v) is 3.32. The Labute approximate surface area is 152 Å². The maximum atomic E-state index is 12.2. The zero-order valence-electron chi connectivity index (χ0n) is 14.2.